The van der Waals surface area contributed by atoms with Crippen LogP contribution in [0.3, 0.4) is 0 Å². The predicted molar refractivity (Wildman–Crippen MR) is 100 cm³/mol. The molecule has 6 heteroatoms. The minimum absolute atomic E-state index is 0.0119. The second-order valence-electron chi connectivity index (χ2n) is 5.55. The third kappa shape index (κ3) is 5.00. The Labute approximate surface area is 151 Å². The Bertz CT molecular complexity index is 802. The summed E-state index contributed by atoms with van der Waals surface area (Å²) < 4.78 is 0. The van der Waals surface area contributed by atoms with Crippen LogP contribution in [-0.4, -0.2) is 39.1 Å². The van der Waals surface area contributed by atoms with Gasteiger partial charge in [0, 0.05) is 21.7 Å². The molecule has 0 aromatic heterocycles. The van der Waals surface area contributed by atoms with Crippen molar-refractivity contribution in [3.05, 3.63) is 47.5 Å². The van der Waals surface area contributed by atoms with Gasteiger partial charge >= 0.3 is 0 Å². The molecule has 0 spiro atoms. The average Bonchev–Trinajstić information content (AvgIpc) is 2.60. The standard InChI is InChI=1S/C19H21NO4S/c1-3-17(16-7-8-18(23)12(2)19(16)24)20-10-14(22)11-25-15-6-4-5-13(21)9-15/h4-9,21,23-24H,3,10-11H2,1-2H3. The fraction of sp³-hybridized carbons (Fsp3) is 0.263. The number of aliphatic imine (C=N–C) groups is 1. The van der Waals surface area contributed by atoms with E-state index in [4.69, 9.17) is 0 Å². The number of thioether (sulfide) groups is 1. The Morgan fingerprint density at radius 3 is 2.60 bits per heavy atom. The molecule has 0 saturated heterocycles. The summed E-state index contributed by atoms with van der Waals surface area (Å²) in [5, 5.41) is 29.2. The molecule has 0 amide bonds. The van der Waals surface area contributed by atoms with Gasteiger partial charge in [-0.25, -0.2) is 0 Å². The van der Waals surface area contributed by atoms with Crippen LogP contribution in [0.15, 0.2) is 46.3 Å². The van der Waals surface area contributed by atoms with Gasteiger partial charge in [0.2, 0.25) is 0 Å². The SMILES string of the molecule is CCC(=NCC(=O)CSc1cccc(O)c1)c1ccc(O)c(C)c1O. The first-order chi connectivity index (χ1) is 11.9. The van der Waals surface area contributed by atoms with E-state index in [-0.39, 0.29) is 35.3 Å². The number of carbonyl (C=O) groups is 1. The second-order valence-corrected chi connectivity index (χ2v) is 6.60. The molecule has 0 fully saturated rings. The number of carbonyl (C=O) groups excluding carboxylic acids is 1. The van der Waals surface area contributed by atoms with Gasteiger partial charge in [-0.15, -0.1) is 11.8 Å². The van der Waals surface area contributed by atoms with E-state index in [1.165, 1.54) is 17.8 Å². The minimum atomic E-state index is -0.0470. The first-order valence-electron chi connectivity index (χ1n) is 7.91. The monoisotopic (exact) mass is 359 g/mol. The van der Waals surface area contributed by atoms with Crippen molar-refractivity contribution in [2.45, 2.75) is 25.2 Å². The van der Waals surface area contributed by atoms with Gasteiger partial charge in [-0.05, 0) is 43.7 Å². The molecular formula is C19H21NO4S. The molecule has 0 heterocycles. The zero-order chi connectivity index (χ0) is 18.4. The van der Waals surface area contributed by atoms with Crippen molar-refractivity contribution in [3.8, 4) is 17.2 Å². The van der Waals surface area contributed by atoms with Crippen LogP contribution < -0.4 is 0 Å². The van der Waals surface area contributed by atoms with Crippen molar-refractivity contribution in [2.75, 3.05) is 12.3 Å². The van der Waals surface area contributed by atoms with Gasteiger partial charge < -0.3 is 15.3 Å². The first kappa shape index (κ1) is 18.9. The van der Waals surface area contributed by atoms with Crippen LogP contribution in [0.5, 0.6) is 17.2 Å². The van der Waals surface area contributed by atoms with E-state index in [9.17, 15) is 20.1 Å². The molecule has 2 aromatic rings. The quantitative estimate of drug-likeness (QED) is 0.518. The molecule has 0 aliphatic rings. The van der Waals surface area contributed by atoms with Crippen molar-refractivity contribution in [1.82, 2.24) is 0 Å². The van der Waals surface area contributed by atoms with Gasteiger partial charge in [-0.3, -0.25) is 9.79 Å². The normalized spacial score (nSPS) is 11.5. The fourth-order valence-electron chi connectivity index (χ4n) is 2.28. The van der Waals surface area contributed by atoms with E-state index in [1.54, 1.807) is 31.2 Å². The molecule has 0 unspecified atom stereocenters. The smallest absolute Gasteiger partial charge is 0.164 e. The highest BCUT2D eigenvalue weighted by molar-refractivity contribution is 8.00. The molecule has 2 aromatic carbocycles. The van der Waals surface area contributed by atoms with Gasteiger partial charge in [0.05, 0.1) is 12.3 Å². The maximum absolute atomic E-state index is 12.1. The molecule has 0 atom stereocenters. The van der Waals surface area contributed by atoms with Gasteiger partial charge in [0.15, 0.2) is 5.78 Å². The Kier molecular flexibility index (Phi) is 6.47. The number of hydrogen-bond acceptors (Lipinski definition) is 6. The summed E-state index contributed by atoms with van der Waals surface area (Å²) >= 11 is 1.34. The molecular weight excluding hydrogens is 338 g/mol. The Hall–Kier alpha value is -2.47. The highest BCUT2D eigenvalue weighted by atomic mass is 32.2. The van der Waals surface area contributed by atoms with Crippen molar-refractivity contribution < 1.29 is 20.1 Å². The number of rotatable bonds is 7. The summed E-state index contributed by atoms with van der Waals surface area (Å²) in [5.41, 5.74) is 1.55. The van der Waals surface area contributed by atoms with E-state index in [2.05, 4.69) is 4.99 Å². The minimum Gasteiger partial charge on any atom is -0.508 e. The molecule has 132 valence electrons. The third-order valence-electron chi connectivity index (χ3n) is 3.71. The highest BCUT2D eigenvalue weighted by Crippen LogP contribution is 2.30. The molecule has 5 nitrogen and oxygen atoms in total. The molecule has 3 N–H and O–H groups in total. The number of aromatic hydroxyl groups is 3. The van der Waals surface area contributed by atoms with Crippen molar-refractivity contribution in [3.63, 3.8) is 0 Å². The van der Waals surface area contributed by atoms with Crippen LogP contribution in [0.4, 0.5) is 0 Å². The molecule has 0 aliphatic carbocycles. The number of Topliss-reactive ketones (excluding diaryl/α,β-unsaturated/α-hetero) is 1. The predicted octanol–water partition coefficient (Wildman–Crippen LogP) is 3.67. The lowest BCUT2D eigenvalue weighted by Crippen LogP contribution is -2.09. The van der Waals surface area contributed by atoms with E-state index in [0.717, 1.165) is 4.90 Å². The lowest BCUT2D eigenvalue weighted by Gasteiger charge is -2.10. The van der Waals surface area contributed by atoms with Crippen LogP contribution >= 0.6 is 11.8 Å². The molecule has 0 aliphatic heterocycles. The van der Waals surface area contributed by atoms with Crippen LogP contribution in [0.25, 0.3) is 0 Å². The molecule has 25 heavy (non-hydrogen) atoms. The second kappa shape index (κ2) is 8.58. The van der Waals surface area contributed by atoms with E-state index in [0.29, 0.717) is 23.3 Å². The summed E-state index contributed by atoms with van der Waals surface area (Å²) in [6, 6.07) is 9.86. The summed E-state index contributed by atoms with van der Waals surface area (Å²) in [6.45, 7) is 3.54. The number of benzene rings is 2. The summed E-state index contributed by atoms with van der Waals surface area (Å²) in [7, 11) is 0. The molecule has 0 bridgehead atoms. The first-order valence-corrected chi connectivity index (χ1v) is 8.89. The number of phenols is 3. The Morgan fingerprint density at radius 2 is 1.92 bits per heavy atom. The van der Waals surface area contributed by atoms with Crippen LogP contribution in [0.1, 0.15) is 24.5 Å². The zero-order valence-electron chi connectivity index (χ0n) is 14.2. The van der Waals surface area contributed by atoms with Crippen molar-refractivity contribution in [2.24, 2.45) is 4.99 Å². The molecule has 0 radical (unpaired) electrons. The maximum Gasteiger partial charge on any atom is 0.164 e. The van der Waals surface area contributed by atoms with Crippen LogP contribution in [0, 0.1) is 6.92 Å². The fourth-order valence-corrected chi connectivity index (χ4v) is 3.07. The number of hydrogen-bond donors (Lipinski definition) is 3. The largest absolute Gasteiger partial charge is 0.508 e. The van der Waals surface area contributed by atoms with Gasteiger partial charge in [-0.1, -0.05) is 13.0 Å². The van der Waals surface area contributed by atoms with E-state index >= 15 is 0 Å². The van der Waals surface area contributed by atoms with Gasteiger partial charge in [-0.2, -0.15) is 0 Å². The molecule has 0 saturated carbocycles. The number of nitrogens with zero attached hydrogens (tertiary/aromatic N) is 1. The molecule has 2 rings (SSSR count). The summed E-state index contributed by atoms with van der Waals surface area (Å²) in [4.78, 5) is 17.2. The topological polar surface area (TPSA) is 90.1 Å². The highest BCUT2D eigenvalue weighted by Gasteiger charge is 2.13. The van der Waals surface area contributed by atoms with Gasteiger partial charge in [0.25, 0.3) is 0 Å². The Morgan fingerprint density at radius 1 is 1.16 bits per heavy atom. The number of ketones is 1. The van der Waals surface area contributed by atoms with Crippen molar-refractivity contribution in [1.29, 1.82) is 0 Å². The zero-order valence-corrected chi connectivity index (χ0v) is 15.0. The lowest BCUT2D eigenvalue weighted by atomic mass is 10.0. The third-order valence-corrected chi connectivity index (χ3v) is 4.77. The Balaban J connectivity index is 2.03. The summed E-state index contributed by atoms with van der Waals surface area (Å²) in [6.07, 6.45) is 0.560. The summed E-state index contributed by atoms with van der Waals surface area (Å²) in [5.74, 6) is 0.388. The number of phenolic OH excluding ortho intramolecular Hbond substituents is 3. The maximum atomic E-state index is 12.1. The van der Waals surface area contributed by atoms with Crippen LogP contribution in [0.2, 0.25) is 0 Å². The average molecular weight is 359 g/mol. The van der Waals surface area contributed by atoms with Crippen molar-refractivity contribution >= 4 is 23.3 Å². The lowest BCUT2D eigenvalue weighted by molar-refractivity contribution is -0.115. The van der Waals surface area contributed by atoms with Gasteiger partial charge in [0.1, 0.15) is 17.2 Å². The van der Waals surface area contributed by atoms with E-state index in [1.807, 2.05) is 13.0 Å². The van der Waals surface area contributed by atoms with Crippen LogP contribution in [-0.2, 0) is 4.79 Å². The van der Waals surface area contributed by atoms with E-state index < -0.39 is 0 Å².